The second-order valence-corrected chi connectivity index (χ2v) is 4.87. The number of hydrogen-bond acceptors (Lipinski definition) is 3. The first kappa shape index (κ1) is 15.1. The Hall–Kier alpha value is 0.0600. The summed E-state index contributed by atoms with van der Waals surface area (Å²) in [7, 11) is 1.83. The molecule has 0 spiro atoms. The molecule has 0 rings (SSSR count). The van der Waals surface area contributed by atoms with Crippen LogP contribution in [-0.4, -0.2) is 48.9 Å². The molecule has 0 bridgehead atoms. The predicted octanol–water partition coefficient (Wildman–Crippen LogP) is 2.17. The zero-order valence-corrected chi connectivity index (χ0v) is 10.2. The highest BCUT2D eigenvalue weighted by Gasteiger charge is 2.27. The molecule has 0 aromatic carbocycles. The van der Waals surface area contributed by atoms with Crippen LogP contribution in [0.2, 0.25) is 0 Å². The Balaban J connectivity index is 3.37. The molecule has 0 aliphatic heterocycles. The molecule has 0 aromatic heterocycles. The van der Waals surface area contributed by atoms with E-state index in [0.717, 1.165) is 13.1 Å². The molecule has 0 radical (unpaired) electrons. The standard InChI is InChI=1S/C9H19F3N2S/c1-8(2)13-4-5-14(3)6-7-15-9(10,11)12/h8,13H,4-7H2,1-3H3. The van der Waals surface area contributed by atoms with E-state index in [2.05, 4.69) is 5.32 Å². The van der Waals surface area contributed by atoms with E-state index in [0.29, 0.717) is 12.6 Å². The molecule has 0 aliphatic carbocycles. The Labute approximate surface area is 93.6 Å². The van der Waals surface area contributed by atoms with Crippen molar-refractivity contribution in [1.29, 1.82) is 0 Å². The highest BCUT2D eigenvalue weighted by molar-refractivity contribution is 8.00. The molecule has 0 heterocycles. The molecule has 0 atom stereocenters. The van der Waals surface area contributed by atoms with Gasteiger partial charge in [0.15, 0.2) is 0 Å². The number of likely N-dealkylation sites (N-methyl/N-ethyl adjacent to an activating group) is 1. The van der Waals surface area contributed by atoms with Crippen LogP contribution in [0.25, 0.3) is 0 Å². The largest absolute Gasteiger partial charge is 0.441 e. The van der Waals surface area contributed by atoms with Crippen molar-refractivity contribution < 1.29 is 13.2 Å². The van der Waals surface area contributed by atoms with E-state index in [-0.39, 0.29) is 17.5 Å². The van der Waals surface area contributed by atoms with E-state index in [9.17, 15) is 13.2 Å². The van der Waals surface area contributed by atoms with Gasteiger partial charge in [0.2, 0.25) is 0 Å². The summed E-state index contributed by atoms with van der Waals surface area (Å²) in [5.74, 6) is 0.0989. The normalized spacial score (nSPS) is 12.8. The van der Waals surface area contributed by atoms with Crippen molar-refractivity contribution >= 4 is 11.8 Å². The van der Waals surface area contributed by atoms with Crippen molar-refractivity contribution in [2.45, 2.75) is 25.4 Å². The number of alkyl halides is 3. The maximum atomic E-state index is 11.8. The molecule has 0 unspecified atom stereocenters. The molecular formula is C9H19F3N2S. The third kappa shape index (κ3) is 12.0. The van der Waals surface area contributed by atoms with Crippen LogP contribution < -0.4 is 5.32 Å². The molecule has 92 valence electrons. The van der Waals surface area contributed by atoms with E-state index in [4.69, 9.17) is 0 Å². The summed E-state index contributed by atoms with van der Waals surface area (Å²) >= 11 is 0.0396. The summed E-state index contributed by atoms with van der Waals surface area (Å²) in [5, 5.41) is 3.21. The number of nitrogens with zero attached hydrogens (tertiary/aromatic N) is 1. The van der Waals surface area contributed by atoms with Gasteiger partial charge in [0, 0.05) is 31.4 Å². The smallest absolute Gasteiger partial charge is 0.313 e. The second kappa shape index (κ2) is 7.35. The van der Waals surface area contributed by atoms with Gasteiger partial charge in [0.25, 0.3) is 0 Å². The molecule has 0 fully saturated rings. The van der Waals surface area contributed by atoms with Gasteiger partial charge in [0.05, 0.1) is 0 Å². The van der Waals surface area contributed by atoms with Gasteiger partial charge in [-0.25, -0.2) is 0 Å². The van der Waals surface area contributed by atoms with Crippen molar-refractivity contribution in [3.05, 3.63) is 0 Å². The lowest BCUT2D eigenvalue weighted by molar-refractivity contribution is -0.0328. The lowest BCUT2D eigenvalue weighted by atomic mass is 10.4. The van der Waals surface area contributed by atoms with Gasteiger partial charge in [0.1, 0.15) is 0 Å². The minimum absolute atomic E-state index is 0.0396. The topological polar surface area (TPSA) is 15.3 Å². The lowest BCUT2D eigenvalue weighted by Crippen LogP contribution is -2.34. The molecule has 0 aromatic rings. The van der Waals surface area contributed by atoms with Crippen molar-refractivity contribution in [3.63, 3.8) is 0 Å². The molecule has 2 nitrogen and oxygen atoms in total. The van der Waals surface area contributed by atoms with E-state index in [1.807, 2.05) is 25.8 Å². The van der Waals surface area contributed by atoms with Crippen LogP contribution in [0.5, 0.6) is 0 Å². The van der Waals surface area contributed by atoms with Crippen LogP contribution in [0.4, 0.5) is 13.2 Å². The summed E-state index contributed by atoms with van der Waals surface area (Å²) in [4.78, 5) is 1.90. The zero-order valence-electron chi connectivity index (χ0n) is 9.40. The molecule has 1 N–H and O–H groups in total. The van der Waals surface area contributed by atoms with E-state index >= 15 is 0 Å². The van der Waals surface area contributed by atoms with Crippen LogP contribution in [0.3, 0.4) is 0 Å². The molecule has 15 heavy (non-hydrogen) atoms. The van der Waals surface area contributed by atoms with Gasteiger partial charge in [-0.2, -0.15) is 13.2 Å². The Morgan fingerprint density at radius 3 is 2.33 bits per heavy atom. The van der Waals surface area contributed by atoms with E-state index in [1.54, 1.807) is 0 Å². The van der Waals surface area contributed by atoms with Crippen molar-refractivity contribution in [3.8, 4) is 0 Å². The van der Waals surface area contributed by atoms with Crippen molar-refractivity contribution in [1.82, 2.24) is 10.2 Å². The first-order valence-electron chi connectivity index (χ1n) is 4.94. The van der Waals surface area contributed by atoms with Crippen LogP contribution in [0.15, 0.2) is 0 Å². The molecule has 0 saturated carbocycles. The van der Waals surface area contributed by atoms with Gasteiger partial charge < -0.3 is 10.2 Å². The SMILES string of the molecule is CC(C)NCCN(C)CCSC(F)(F)F. The van der Waals surface area contributed by atoms with Crippen molar-refractivity contribution in [2.24, 2.45) is 0 Å². The van der Waals surface area contributed by atoms with Crippen LogP contribution in [0.1, 0.15) is 13.8 Å². The Kier molecular flexibility index (Phi) is 7.38. The fourth-order valence-electron chi connectivity index (χ4n) is 0.973. The molecule has 6 heteroatoms. The fourth-order valence-corrected chi connectivity index (χ4v) is 1.61. The summed E-state index contributed by atoms with van der Waals surface area (Å²) in [5.41, 5.74) is -4.10. The Bertz CT molecular complexity index is 162. The molecule has 0 saturated heterocycles. The molecule has 0 amide bonds. The first-order chi connectivity index (χ1) is 6.81. The van der Waals surface area contributed by atoms with E-state index in [1.165, 1.54) is 0 Å². The highest BCUT2D eigenvalue weighted by Crippen LogP contribution is 2.29. The molecule has 0 aliphatic rings. The number of rotatable bonds is 7. The van der Waals surface area contributed by atoms with Gasteiger partial charge in [-0.05, 0) is 18.8 Å². The zero-order chi connectivity index (χ0) is 11.9. The highest BCUT2D eigenvalue weighted by atomic mass is 32.2. The number of halogens is 3. The van der Waals surface area contributed by atoms with Crippen LogP contribution >= 0.6 is 11.8 Å². The summed E-state index contributed by atoms with van der Waals surface area (Å²) in [6.45, 7) is 6.13. The van der Waals surface area contributed by atoms with Gasteiger partial charge >= 0.3 is 5.51 Å². The summed E-state index contributed by atoms with van der Waals surface area (Å²) in [6.07, 6.45) is 0. The van der Waals surface area contributed by atoms with Gasteiger partial charge in [-0.15, -0.1) is 0 Å². The Morgan fingerprint density at radius 2 is 1.87 bits per heavy atom. The number of thioether (sulfide) groups is 1. The number of nitrogens with one attached hydrogen (secondary N) is 1. The maximum absolute atomic E-state index is 11.8. The summed E-state index contributed by atoms with van der Waals surface area (Å²) < 4.78 is 35.4. The van der Waals surface area contributed by atoms with Gasteiger partial charge in [-0.1, -0.05) is 13.8 Å². The maximum Gasteiger partial charge on any atom is 0.441 e. The Morgan fingerprint density at radius 1 is 1.27 bits per heavy atom. The number of hydrogen-bond donors (Lipinski definition) is 1. The van der Waals surface area contributed by atoms with Crippen LogP contribution in [-0.2, 0) is 0 Å². The third-order valence-electron chi connectivity index (χ3n) is 1.78. The predicted molar refractivity (Wildman–Crippen MR) is 59.1 cm³/mol. The minimum atomic E-state index is -4.10. The average Bonchev–Trinajstić information content (AvgIpc) is 2.00. The summed E-state index contributed by atoms with van der Waals surface area (Å²) in [6, 6.07) is 0.419. The molecular weight excluding hydrogens is 225 g/mol. The van der Waals surface area contributed by atoms with Crippen LogP contribution in [0, 0.1) is 0 Å². The first-order valence-corrected chi connectivity index (χ1v) is 5.92. The minimum Gasteiger partial charge on any atom is -0.313 e. The lowest BCUT2D eigenvalue weighted by Gasteiger charge is -2.18. The third-order valence-corrected chi connectivity index (χ3v) is 2.50. The monoisotopic (exact) mass is 244 g/mol. The van der Waals surface area contributed by atoms with E-state index < -0.39 is 5.51 Å². The van der Waals surface area contributed by atoms with Gasteiger partial charge in [-0.3, -0.25) is 0 Å². The van der Waals surface area contributed by atoms with Crippen molar-refractivity contribution in [2.75, 3.05) is 32.4 Å². The fraction of sp³-hybridized carbons (Fsp3) is 1.00. The quantitative estimate of drug-likeness (QED) is 0.739. The second-order valence-electron chi connectivity index (χ2n) is 3.71. The average molecular weight is 244 g/mol.